The van der Waals surface area contributed by atoms with Crippen LogP contribution in [0.2, 0.25) is 0 Å². The first-order valence-corrected chi connectivity index (χ1v) is 7.50. The Morgan fingerprint density at radius 3 is 2.87 bits per heavy atom. The van der Waals surface area contributed by atoms with Gasteiger partial charge in [0.1, 0.15) is 18.1 Å². The summed E-state index contributed by atoms with van der Waals surface area (Å²) in [7, 11) is 0. The van der Waals surface area contributed by atoms with Crippen LogP contribution in [0.4, 0.5) is 0 Å². The topological polar surface area (TPSA) is 78.8 Å². The number of rotatable bonds is 6. The lowest BCUT2D eigenvalue weighted by atomic mass is 10.1. The van der Waals surface area contributed by atoms with E-state index < -0.39 is 0 Å². The van der Waals surface area contributed by atoms with Crippen LogP contribution in [0.25, 0.3) is 11.3 Å². The van der Waals surface area contributed by atoms with Crippen LogP contribution in [-0.2, 0) is 13.1 Å². The highest BCUT2D eigenvalue weighted by Crippen LogP contribution is 2.21. The van der Waals surface area contributed by atoms with E-state index in [9.17, 15) is 0 Å². The van der Waals surface area contributed by atoms with E-state index in [2.05, 4.69) is 15.3 Å². The Morgan fingerprint density at radius 1 is 1.22 bits per heavy atom. The average molecular weight is 309 g/mol. The van der Waals surface area contributed by atoms with E-state index in [1.807, 2.05) is 48.0 Å². The molecule has 0 aliphatic heterocycles. The Balaban J connectivity index is 1.74. The molecule has 0 saturated heterocycles. The van der Waals surface area contributed by atoms with Gasteiger partial charge >= 0.3 is 0 Å². The van der Waals surface area contributed by atoms with Gasteiger partial charge in [-0.2, -0.15) is 0 Å². The molecule has 0 spiro atoms. The number of pyridine rings is 1. The maximum absolute atomic E-state index is 5.79. The van der Waals surface area contributed by atoms with Crippen molar-refractivity contribution in [2.45, 2.75) is 20.0 Å². The van der Waals surface area contributed by atoms with Crippen molar-refractivity contribution in [3.63, 3.8) is 0 Å². The first kappa shape index (κ1) is 15.2. The number of nitrogens with two attached hydrogens (primary N) is 1. The molecule has 0 unspecified atom stereocenters. The number of hydrogen-bond donors (Lipinski definition) is 1. The molecule has 6 heteroatoms. The minimum absolute atomic E-state index is 0.336. The summed E-state index contributed by atoms with van der Waals surface area (Å²) in [4.78, 5) is 4.15. The zero-order chi connectivity index (χ0) is 16.1. The lowest BCUT2D eigenvalue weighted by molar-refractivity contribution is 0.290. The minimum atomic E-state index is 0.336. The Morgan fingerprint density at radius 2 is 2.13 bits per heavy atom. The molecule has 0 saturated carbocycles. The van der Waals surface area contributed by atoms with Crippen molar-refractivity contribution in [3.8, 4) is 17.0 Å². The molecule has 3 aromatic rings. The van der Waals surface area contributed by atoms with Gasteiger partial charge in [-0.1, -0.05) is 17.3 Å². The molecule has 0 bridgehead atoms. The summed E-state index contributed by atoms with van der Waals surface area (Å²) in [6.07, 6.45) is 3.52. The van der Waals surface area contributed by atoms with Crippen molar-refractivity contribution in [1.29, 1.82) is 0 Å². The second-order valence-electron chi connectivity index (χ2n) is 5.22. The van der Waals surface area contributed by atoms with Crippen molar-refractivity contribution >= 4 is 0 Å². The van der Waals surface area contributed by atoms with Gasteiger partial charge < -0.3 is 10.5 Å². The normalized spacial score (nSPS) is 10.7. The van der Waals surface area contributed by atoms with Crippen LogP contribution in [0.1, 0.15) is 11.3 Å². The van der Waals surface area contributed by atoms with Crippen molar-refractivity contribution in [1.82, 2.24) is 20.0 Å². The van der Waals surface area contributed by atoms with Gasteiger partial charge in [-0.05, 0) is 36.8 Å². The van der Waals surface area contributed by atoms with Crippen LogP contribution in [0.15, 0.2) is 48.8 Å². The number of aryl methyl sites for hydroxylation is 1. The molecule has 1 aromatic carbocycles. The summed E-state index contributed by atoms with van der Waals surface area (Å²) in [5, 5.41) is 8.35. The van der Waals surface area contributed by atoms with Crippen LogP contribution in [0.5, 0.6) is 5.75 Å². The molecule has 2 heterocycles. The van der Waals surface area contributed by atoms with Gasteiger partial charge in [0.2, 0.25) is 0 Å². The van der Waals surface area contributed by atoms with E-state index in [-0.39, 0.29) is 0 Å². The standard InChI is InChI=1S/C17H19N5O/c1-13-4-2-6-15(10-13)23-9-8-22-17(16(11-18)20-21-22)14-5-3-7-19-12-14/h2-7,10,12H,8-9,11,18H2,1H3. The molecule has 3 rings (SSSR count). The molecule has 0 aliphatic rings. The summed E-state index contributed by atoms with van der Waals surface area (Å²) in [5.41, 5.74) is 9.55. The summed E-state index contributed by atoms with van der Waals surface area (Å²) >= 11 is 0. The number of nitrogens with zero attached hydrogens (tertiary/aromatic N) is 4. The maximum atomic E-state index is 5.79. The van der Waals surface area contributed by atoms with Gasteiger partial charge in [-0.15, -0.1) is 5.10 Å². The Hall–Kier alpha value is -2.73. The van der Waals surface area contributed by atoms with Crippen LogP contribution < -0.4 is 10.5 Å². The van der Waals surface area contributed by atoms with Gasteiger partial charge in [0.15, 0.2) is 0 Å². The lowest BCUT2D eigenvalue weighted by Gasteiger charge is -2.09. The quantitative estimate of drug-likeness (QED) is 0.755. The van der Waals surface area contributed by atoms with Crippen molar-refractivity contribution in [3.05, 3.63) is 60.0 Å². The molecule has 0 fully saturated rings. The molecule has 2 N–H and O–H groups in total. The predicted octanol–water partition coefficient (Wildman–Crippen LogP) is 2.19. The first-order valence-electron chi connectivity index (χ1n) is 7.50. The molecule has 0 atom stereocenters. The zero-order valence-corrected chi connectivity index (χ0v) is 13.0. The fourth-order valence-electron chi connectivity index (χ4n) is 2.42. The molecule has 2 aromatic heterocycles. The summed E-state index contributed by atoms with van der Waals surface area (Å²) in [6, 6.07) is 11.8. The van der Waals surface area contributed by atoms with Crippen molar-refractivity contribution in [2.75, 3.05) is 6.61 Å². The van der Waals surface area contributed by atoms with Gasteiger partial charge in [-0.25, -0.2) is 4.68 Å². The predicted molar refractivity (Wildman–Crippen MR) is 87.8 cm³/mol. The van der Waals surface area contributed by atoms with E-state index in [1.165, 1.54) is 5.56 Å². The molecule has 0 radical (unpaired) electrons. The van der Waals surface area contributed by atoms with E-state index in [0.717, 1.165) is 22.7 Å². The van der Waals surface area contributed by atoms with E-state index in [0.29, 0.717) is 19.7 Å². The Bertz CT molecular complexity index is 770. The molecular weight excluding hydrogens is 290 g/mol. The molecular formula is C17H19N5O. The SMILES string of the molecule is Cc1cccc(OCCn2nnc(CN)c2-c2cccnc2)c1. The third-order valence-electron chi connectivity index (χ3n) is 3.49. The number of benzene rings is 1. The highest BCUT2D eigenvalue weighted by molar-refractivity contribution is 5.60. The fourth-order valence-corrected chi connectivity index (χ4v) is 2.42. The summed E-state index contributed by atoms with van der Waals surface area (Å²) < 4.78 is 7.60. The Kier molecular flexibility index (Phi) is 4.63. The van der Waals surface area contributed by atoms with Gasteiger partial charge in [-0.3, -0.25) is 4.98 Å². The van der Waals surface area contributed by atoms with Crippen molar-refractivity contribution in [2.24, 2.45) is 5.73 Å². The largest absolute Gasteiger partial charge is 0.492 e. The van der Waals surface area contributed by atoms with E-state index >= 15 is 0 Å². The molecule has 0 amide bonds. The average Bonchev–Trinajstić information content (AvgIpc) is 2.99. The number of hydrogen-bond acceptors (Lipinski definition) is 5. The number of ether oxygens (including phenoxy) is 1. The van der Waals surface area contributed by atoms with Crippen LogP contribution in [-0.4, -0.2) is 26.6 Å². The fraction of sp³-hybridized carbons (Fsp3) is 0.235. The molecule has 6 nitrogen and oxygen atoms in total. The van der Waals surface area contributed by atoms with Crippen LogP contribution >= 0.6 is 0 Å². The van der Waals surface area contributed by atoms with E-state index in [1.54, 1.807) is 12.4 Å². The van der Waals surface area contributed by atoms with Gasteiger partial charge in [0, 0.05) is 24.5 Å². The third-order valence-corrected chi connectivity index (χ3v) is 3.49. The molecule has 23 heavy (non-hydrogen) atoms. The minimum Gasteiger partial charge on any atom is -0.492 e. The Labute approximate surface area is 134 Å². The second-order valence-corrected chi connectivity index (χ2v) is 5.22. The van der Waals surface area contributed by atoms with Gasteiger partial charge in [0.25, 0.3) is 0 Å². The lowest BCUT2D eigenvalue weighted by Crippen LogP contribution is -2.11. The maximum Gasteiger partial charge on any atom is 0.119 e. The summed E-state index contributed by atoms with van der Waals surface area (Å²) in [5.74, 6) is 0.854. The highest BCUT2D eigenvalue weighted by atomic mass is 16.5. The number of aromatic nitrogens is 4. The van der Waals surface area contributed by atoms with E-state index in [4.69, 9.17) is 10.5 Å². The molecule has 118 valence electrons. The first-order chi connectivity index (χ1) is 11.3. The van der Waals surface area contributed by atoms with Crippen LogP contribution in [0.3, 0.4) is 0 Å². The smallest absolute Gasteiger partial charge is 0.119 e. The zero-order valence-electron chi connectivity index (χ0n) is 13.0. The van der Waals surface area contributed by atoms with Crippen molar-refractivity contribution < 1.29 is 4.74 Å². The monoisotopic (exact) mass is 309 g/mol. The van der Waals surface area contributed by atoms with Crippen LogP contribution in [0, 0.1) is 6.92 Å². The summed E-state index contributed by atoms with van der Waals surface area (Å²) in [6.45, 7) is 3.47. The molecule has 0 aliphatic carbocycles. The highest BCUT2D eigenvalue weighted by Gasteiger charge is 2.13. The second kappa shape index (κ2) is 7.02. The van der Waals surface area contributed by atoms with Gasteiger partial charge in [0.05, 0.1) is 12.2 Å². The third kappa shape index (κ3) is 3.54.